The first-order chi connectivity index (χ1) is 12.7. The summed E-state index contributed by atoms with van der Waals surface area (Å²) in [5.41, 5.74) is 0.515. The van der Waals surface area contributed by atoms with Crippen LogP contribution in [-0.4, -0.2) is 10.5 Å². The van der Waals surface area contributed by atoms with Crippen LogP contribution >= 0.6 is 11.3 Å². The summed E-state index contributed by atoms with van der Waals surface area (Å²) in [5.74, 6) is 1.92. The Morgan fingerprint density at radius 3 is 2.81 bits per heavy atom. The van der Waals surface area contributed by atoms with E-state index in [1.807, 2.05) is 24.3 Å². The first-order valence-electron chi connectivity index (χ1n) is 7.81. The number of rotatable bonds is 2. The summed E-state index contributed by atoms with van der Waals surface area (Å²) in [4.78, 5) is 29.4. The van der Waals surface area contributed by atoms with E-state index in [0.29, 0.717) is 15.8 Å². The third-order valence-electron chi connectivity index (χ3n) is 3.91. The van der Waals surface area contributed by atoms with Crippen LogP contribution in [0.5, 0.6) is 0 Å². The van der Waals surface area contributed by atoms with Gasteiger partial charge in [-0.25, -0.2) is 4.79 Å². The molecule has 0 unspecified atom stereocenters. The van der Waals surface area contributed by atoms with Gasteiger partial charge in [0, 0.05) is 5.39 Å². The van der Waals surface area contributed by atoms with Crippen molar-refractivity contribution in [1.29, 1.82) is 0 Å². The van der Waals surface area contributed by atoms with Crippen LogP contribution in [0.1, 0.15) is 10.4 Å². The number of aromatic nitrogens is 1. The molecule has 4 aromatic rings. The zero-order chi connectivity index (χ0) is 18.1. The van der Waals surface area contributed by atoms with Crippen LogP contribution in [0, 0.1) is 12.3 Å². The number of terminal acetylenes is 1. The Bertz CT molecular complexity index is 1320. The maximum atomic E-state index is 12.6. The second-order valence-corrected chi connectivity index (χ2v) is 6.55. The van der Waals surface area contributed by atoms with Crippen molar-refractivity contribution in [3.63, 3.8) is 0 Å². The Hall–Kier alpha value is -3.43. The van der Waals surface area contributed by atoms with E-state index in [0.717, 1.165) is 10.2 Å². The van der Waals surface area contributed by atoms with Crippen LogP contribution in [0.3, 0.4) is 0 Å². The molecule has 0 aliphatic rings. The van der Waals surface area contributed by atoms with Gasteiger partial charge < -0.3 is 8.98 Å². The van der Waals surface area contributed by atoms with Crippen LogP contribution in [0.25, 0.3) is 21.2 Å². The van der Waals surface area contributed by atoms with Crippen LogP contribution in [0.2, 0.25) is 0 Å². The van der Waals surface area contributed by atoms with Gasteiger partial charge >= 0.3 is 5.63 Å². The van der Waals surface area contributed by atoms with E-state index in [1.165, 1.54) is 17.4 Å². The van der Waals surface area contributed by atoms with Gasteiger partial charge in [0.1, 0.15) is 11.1 Å². The number of carbonyl (C=O) groups excluding carboxylic acids is 1. The molecule has 0 aliphatic heterocycles. The van der Waals surface area contributed by atoms with E-state index < -0.39 is 11.5 Å². The van der Waals surface area contributed by atoms with E-state index in [4.69, 9.17) is 10.8 Å². The average Bonchev–Trinajstić information content (AvgIpc) is 2.99. The number of benzene rings is 2. The van der Waals surface area contributed by atoms with Gasteiger partial charge in [-0.15, -0.1) is 6.42 Å². The lowest BCUT2D eigenvalue weighted by Gasteiger charge is -2.00. The van der Waals surface area contributed by atoms with Crippen LogP contribution in [0.4, 0.5) is 0 Å². The first-order valence-corrected chi connectivity index (χ1v) is 8.63. The summed E-state index contributed by atoms with van der Waals surface area (Å²) < 4.78 is 7.95. The zero-order valence-corrected chi connectivity index (χ0v) is 14.3. The number of hydrogen-bond acceptors (Lipinski definition) is 4. The summed E-state index contributed by atoms with van der Waals surface area (Å²) in [6, 6.07) is 16.2. The summed E-state index contributed by atoms with van der Waals surface area (Å²) in [6.45, 7) is 0.280. The predicted molar refractivity (Wildman–Crippen MR) is 101 cm³/mol. The lowest BCUT2D eigenvalue weighted by molar-refractivity contribution is 0.0994. The predicted octanol–water partition coefficient (Wildman–Crippen LogP) is 3.18. The van der Waals surface area contributed by atoms with Gasteiger partial charge in [0.2, 0.25) is 0 Å². The van der Waals surface area contributed by atoms with Crippen molar-refractivity contribution in [1.82, 2.24) is 4.57 Å². The minimum absolute atomic E-state index is 0.103. The van der Waals surface area contributed by atoms with Gasteiger partial charge in [0.15, 0.2) is 4.80 Å². The molecule has 2 aromatic heterocycles. The summed E-state index contributed by atoms with van der Waals surface area (Å²) in [5, 5.41) is 0.665. The lowest BCUT2D eigenvalue weighted by atomic mass is 10.2. The van der Waals surface area contributed by atoms with Gasteiger partial charge in [-0.05, 0) is 24.3 Å². The highest BCUT2D eigenvalue weighted by Gasteiger charge is 2.14. The number of para-hydroxylation sites is 2. The molecular formula is C20H12N2O3S. The number of thiazole rings is 1. The number of nitrogens with zero attached hydrogens (tertiary/aromatic N) is 2. The van der Waals surface area contributed by atoms with E-state index in [1.54, 1.807) is 28.8 Å². The third kappa shape index (κ3) is 2.75. The van der Waals surface area contributed by atoms with Crippen molar-refractivity contribution in [2.24, 2.45) is 4.99 Å². The largest absolute Gasteiger partial charge is 0.422 e. The molecule has 4 rings (SSSR count). The summed E-state index contributed by atoms with van der Waals surface area (Å²) >= 11 is 1.34. The molecule has 2 aromatic carbocycles. The topological polar surface area (TPSA) is 64.6 Å². The van der Waals surface area contributed by atoms with E-state index in [-0.39, 0.29) is 12.1 Å². The van der Waals surface area contributed by atoms with Crippen molar-refractivity contribution in [3.05, 3.63) is 75.4 Å². The third-order valence-corrected chi connectivity index (χ3v) is 4.97. The smallest absolute Gasteiger partial charge is 0.349 e. The van der Waals surface area contributed by atoms with Crippen molar-refractivity contribution in [3.8, 4) is 12.3 Å². The van der Waals surface area contributed by atoms with Crippen LogP contribution in [-0.2, 0) is 6.54 Å². The second kappa shape index (κ2) is 6.47. The fourth-order valence-corrected chi connectivity index (χ4v) is 3.74. The lowest BCUT2D eigenvalue weighted by Crippen LogP contribution is -2.19. The highest BCUT2D eigenvalue weighted by Crippen LogP contribution is 2.17. The van der Waals surface area contributed by atoms with Crippen molar-refractivity contribution >= 4 is 38.4 Å². The Morgan fingerprint density at radius 1 is 1.19 bits per heavy atom. The fraction of sp³-hybridized carbons (Fsp3) is 0.0500. The molecule has 0 bridgehead atoms. The maximum Gasteiger partial charge on any atom is 0.349 e. The molecule has 2 heterocycles. The van der Waals surface area contributed by atoms with Crippen molar-refractivity contribution in [2.45, 2.75) is 6.54 Å². The molecule has 0 saturated carbocycles. The Morgan fingerprint density at radius 2 is 1.96 bits per heavy atom. The normalized spacial score (nSPS) is 11.7. The second-order valence-electron chi connectivity index (χ2n) is 5.54. The minimum Gasteiger partial charge on any atom is -0.422 e. The molecule has 0 N–H and O–H groups in total. The van der Waals surface area contributed by atoms with Crippen molar-refractivity contribution in [2.75, 3.05) is 0 Å². The van der Waals surface area contributed by atoms with Gasteiger partial charge in [-0.2, -0.15) is 4.99 Å². The molecular weight excluding hydrogens is 348 g/mol. The SMILES string of the molecule is C#CCn1c(=NC(=O)c2cc3ccccc3oc2=O)sc2ccccc21. The van der Waals surface area contributed by atoms with Gasteiger partial charge in [0.05, 0.1) is 16.8 Å². The number of amides is 1. The number of hydrogen-bond donors (Lipinski definition) is 0. The van der Waals surface area contributed by atoms with Crippen LogP contribution < -0.4 is 10.4 Å². The maximum absolute atomic E-state index is 12.6. The summed E-state index contributed by atoms with van der Waals surface area (Å²) in [7, 11) is 0. The van der Waals surface area contributed by atoms with Gasteiger partial charge in [-0.3, -0.25) is 4.79 Å². The van der Waals surface area contributed by atoms with Crippen molar-refractivity contribution < 1.29 is 9.21 Å². The molecule has 6 heteroatoms. The molecule has 0 radical (unpaired) electrons. The van der Waals surface area contributed by atoms with E-state index in [9.17, 15) is 9.59 Å². The van der Waals surface area contributed by atoms with E-state index in [2.05, 4.69) is 10.9 Å². The Balaban J connectivity index is 1.89. The Labute approximate surface area is 151 Å². The molecule has 0 atom stereocenters. The zero-order valence-electron chi connectivity index (χ0n) is 13.5. The van der Waals surface area contributed by atoms with E-state index >= 15 is 0 Å². The summed E-state index contributed by atoms with van der Waals surface area (Å²) in [6.07, 6.45) is 5.45. The molecule has 0 aliphatic carbocycles. The standard InChI is InChI=1S/C20H12N2O3S/c1-2-11-22-15-8-4-6-10-17(15)26-20(22)21-18(23)14-12-13-7-3-5-9-16(13)25-19(14)24/h1,3-10,12H,11H2. The highest BCUT2D eigenvalue weighted by molar-refractivity contribution is 7.16. The molecule has 0 saturated heterocycles. The first kappa shape index (κ1) is 16.1. The van der Waals surface area contributed by atoms with Gasteiger partial charge in [0.25, 0.3) is 5.91 Å². The van der Waals surface area contributed by atoms with Crippen LogP contribution in [0.15, 0.2) is 68.8 Å². The fourth-order valence-electron chi connectivity index (χ4n) is 2.71. The molecule has 0 fully saturated rings. The molecule has 5 nitrogen and oxygen atoms in total. The molecule has 126 valence electrons. The number of fused-ring (bicyclic) bond motifs is 2. The Kier molecular flexibility index (Phi) is 3.99. The van der Waals surface area contributed by atoms with Gasteiger partial charge in [-0.1, -0.05) is 47.6 Å². The minimum atomic E-state index is -0.706. The molecule has 0 spiro atoms. The molecule has 26 heavy (non-hydrogen) atoms. The molecule has 1 amide bonds. The quantitative estimate of drug-likeness (QED) is 0.407. The average molecular weight is 360 g/mol. The monoisotopic (exact) mass is 360 g/mol. The number of carbonyl (C=O) groups is 1. The highest BCUT2D eigenvalue weighted by atomic mass is 32.1.